The highest BCUT2D eigenvalue weighted by molar-refractivity contribution is 6.30. The third kappa shape index (κ3) is 5.80. The first-order valence-electron chi connectivity index (χ1n) is 11.1. The topological polar surface area (TPSA) is 51.2 Å². The molecule has 1 amide bonds. The molecule has 0 saturated carbocycles. The molecule has 29 heavy (non-hydrogen) atoms. The summed E-state index contributed by atoms with van der Waals surface area (Å²) in [4.78, 5) is 24.8. The minimum atomic E-state index is 0.119. The van der Waals surface area contributed by atoms with Gasteiger partial charge in [0.15, 0.2) is 0 Å². The fraction of sp³-hybridized carbons (Fsp3) is 0.652. The van der Waals surface area contributed by atoms with Crippen LogP contribution in [0.25, 0.3) is 0 Å². The Bertz CT molecular complexity index is 705. The van der Waals surface area contributed by atoms with E-state index in [-0.39, 0.29) is 11.9 Å². The molecule has 2 saturated heterocycles. The second-order valence-electron chi connectivity index (χ2n) is 8.62. The standard InChI is InChI=1S/C23H37N5O/c1-18(2)25-22-20(8-7-9-21(22)23(29)28-11-5-6-12-28)19(3)24-10-13-27-16-14-26(4)15-17-27/h7-9,18,24H,5-6,10-17H2,1-4H3/b20-19+,25-22+. The van der Waals surface area contributed by atoms with E-state index in [1.54, 1.807) is 0 Å². The molecule has 2 aliphatic heterocycles. The van der Waals surface area contributed by atoms with E-state index < -0.39 is 0 Å². The van der Waals surface area contributed by atoms with Crippen LogP contribution in [0.2, 0.25) is 0 Å². The molecule has 3 rings (SSSR count). The van der Waals surface area contributed by atoms with Crippen molar-refractivity contribution in [2.75, 3.05) is 59.4 Å². The van der Waals surface area contributed by atoms with Crippen LogP contribution in [0.3, 0.4) is 0 Å². The van der Waals surface area contributed by atoms with Gasteiger partial charge in [0.25, 0.3) is 5.91 Å². The Morgan fingerprint density at radius 1 is 1.14 bits per heavy atom. The first kappa shape index (κ1) is 21.8. The van der Waals surface area contributed by atoms with Crippen molar-refractivity contribution in [3.63, 3.8) is 0 Å². The third-order valence-corrected chi connectivity index (χ3v) is 5.87. The summed E-state index contributed by atoms with van der Waals surface area (Å²) in [6.07, 6.45) is 8.20. The second-order valence-corrected chi connectivity index (χ2v) is 8.62. The lowest BCUT2D eigenvalue weighted by molar-refractivity contribution is -0.125. The number of hydrogen-bond acceptors (Lipinski definition) is 5. The zero-order chi connectivity index (χ0) is 20.8. The van der Waals surface area contributed by atoms with Crippen molar-refractivity contribution in [2.24, 2.45) is 4.99 Å². The van der Waals surface area contributed by atoms with E-state index >= 15 is 0 Å². The van der Waals surface area contributed by atoms with Gasteiger partial charge in [-0.3, -0.25) is 14.7 Å². The highest BCUT2D eigenvalue weighted by Gasteiger charge is 2.28. The van der Waals surface area contributed by atoms with Gasteiger partial charge in [-0.05, 0) is 46.7 Å². The monoisotopic (exact) mass is 399 g/mol. The Hall–Kier alpha value is -1.92. The smallest absolute Gasteiger partial charge is 0.256 e. The molecule has 0 radical (unpaired) electrons. The number of aliphatic imine (C=N–C) groups is 1. The van der Waals surface area contributed by atoms with Gasteiger partial charge in [0.2, 0.25) is 0 Å². The van der Waals surface area contributed by atoms with Crippen molar-refractivity contribution in [3.05, 3.63) is 35.1 Å². The van der Waals surface area contributed by atoms with Gasteiger partial charge in [-0.15, -0.1) is 0 Å². The maximum atomic E-state index is 13.1. The van der Waals surface area contributed by atoms with Gasteiger partial charge in [0.05, 0.1) is 11.3 Å². The van der Waals surface area contributed by atoms with Crippen LogP contribution < -0.4 is 5.32 Å². The summed E-state index contributed by atoms with van der Waals surface area (Å²) in [5.41, 5.74) is 3.71. The number of likely N-dealkylation sites (N-methyl/N-ethyl adjacent to an activating group) is 1. The fourth-order valence-electron chi connectivity index (χ4n) is 4.07. The van der Waals surface area contributed by atoms with E-state index in [9.17, 15) is 4.79 Å². The predicted octanol–water partition coefficient (Wildman–Crippen LogP) is 2.07. The van der Waals surface area contributed by atoms with Gasteiger partial charge >= 0.3 is 0 Å². The van der Waals surface area contributed by atoms with Crippen LogP contribution in [0, 0.1) is 0 Å². The SMILES string of the molecule is C/C(NCCN1CCN(C)CC1)=C1/C=CC=C(C(=O)N2CCCC2)/C1=N/C(C)C. The normalized spacial score (nSPS) is 24.4. The fourth-order valence-corrected chi connectivity index (χ4v) is 4.07. The number of amides is 1. The lowest BCUT2D eigenvalue weighted by Gasteiger charge is -2.32. The van der Waals surface area contributed by atoms with Gasteiger partial charge in [-0.1, -0.05) is 12.2 Å². The van der Waals surface area contributed by atoms with E-state index in [4.69, 9.17) is 4.99 Å². The lowest BCUT2D eigenvalue weighted by atomic mass is 9.94. The molecular formula is C23H37N5O. The number of piperazine rings is 1. The number of allylic oxidation sites excluding steroid dienone is 5. The molecule has 6 heteroatoms. The summed E-state index contributed by atoms with van der Waals surface area (Å²) in [5, 5.41) is 3.58. The lowest BCUT2D eigenvalue weighted by Crippen LogP contribution is -2.46. The molecule has 0 unspecified atom stereocenters. The molecule has 0 aromatic carbocycles. The van der Waals surface area contributed by atoms with Crippen LogP contribution in [0.4, 0.5) is 0 Å². The van der Waals surface area contributed by atoms with Gasteiger partial charge in [-0.25, -0.2) is 0 Å². The third-order valence-electron chi connectivity index (χ3n) is 5.87. The van der Waals surface area contributed by atoms with Crippen LogP contribution in [0.1, 0.15) is 33.6 Å². The van der Waals surface area contributed by atoms with Crippen molar-refractivity contribution in [2.45, 2.75) is 39.7 Å². The number of carbonyl (C=O) groups is 1. The van der Waals surface area contributed by atoms with Crippen molar-refractivity contribution in [1.29, 1.82) is 0 Å². The molecule has 0 spiro atoms. The maximum Gasteiger partial charge on any atom is 0.256 e. The molecule has 0 aromatic rings. The zero-order valence-electron chi connectivity index (χ0n) is 18.6. The Morgan fingerprint density at radius 3 is 2.48 bits per heavy atom. The van der Waals surface area contributed by atoms with E-state index in [0.29, 0.717) is 0 Å². The molecule has 0 aromatic heterocycles. The Morgan fingerprint density at radius 2 is 1.83 bits per heavy atom. The molecule has 2 fully saturated rings. The van der Waals surface area contributed by atoms with Crippen LogP contribution in [-0.4, -0.2) is 91.8 Å². The summed E-state index contributed by atoms with van der Waals surface area (Å²) >= 11 is 0. The van der Waals surface area contributed by atoms with E-state index in [1.807, 2.05) is 17.1 Å². The number of carbonyl (C=O) groups excluding carboxylic acids is 1. The second kappa shape index (κ2) is 10.2. The molecule has 2 heterocycles. The van der Waals surface area contributed by atoms with Crippen LogP contribution >= 0.6 is 0 Å². The highest BCUT2D eigenvalue weighted by Crippen LogP contribution is 2.23. The molecule has 1 N–H and O–H groups in total. The first-order valence-corrected chi connectivity index (χ1v) is 11.1. The average Bonchev–Trinajstić information content (AvgIpc) is 3.23. The van der Waals surface area contributed by atoms with Gasteiger partial charge in [0.1, 0.15) is 0 Å². The van der Waals surface area contributed by atoms with Crippen molar-refractivity contribution < 1.29 is 4.79 Å². The molecule has 3 aliphatic rings. The summed E-state index contributed by atoms with van der Waals surface area (Å²) in [6.45, 7) is 14.4. The molecule has 0 bridgehead atoms. The number of hydrogen-bond donors (Lipinski definition) is 1. The van der Waals surface area contributed by atoms with E-state index in [0.717, 1.165) is 87.8 Å². The highest BCUT2D eigenvalue weighted by atomic mass is 16.2. The van der Waals surface area contributed by atoms with Crippen molar-refractivity contribution in [3.8, 4) is 0 Å². The molecule has 6 nitrogen and oxygen atoms in total. The van der Waals surface area contributed by atoms with Crippen LogP contribution in [0.15, 0.2) is 40.1 Å². The summed E-state index contributed by atoms with van der Waals surface area (Å²) in [5.74, 6) is 0.119. The van der Waals surface area contributed by atoms with Gasteiger partial charge < -0.3 is 15.1 Å². The first-order chi connectivity index (χ1) is 14.0. The van der Waals surface area contributed by atoms with Crippen molar-refractivity contribution >= 4 is 11.6 Å². The van der Waals surface area contributed by atoms with Crippen molar-refractivity contribution in [1.82, 2.24) is 20.0 Å². The van der Waals surface area contributed by atoms with Crippen LogP contribution in [0.5, 0.6) is 0 Å². The average molecular weight is 400 g/mol. The Balaban J connectivity index is 1.69. The molecule has 160 valence electrons. The minimum Gasteiger partial charge on any atom is -0.387 e. The van der Waals surface area contributed by atoms with E-state index in [2.05, 4.69) is 49.0 Å². The van der Waals surface area contributed by atoms with E-state index in [1.165, 1.54) is 0 Å². The Kier molecular flexibility index (Phi) is 7.67. The van der Waals surface area contributed by atoms with Crippen LogP contribution in [-0.2, 0) is 4.79 Å². The molecule has 0 atom stereocenters. The minimum absolute atomic E-state index is 0.119. The zero-order valence-corrected chi connectivity index (χ0v) is 18.6. The quantitative estimate of drug-likeness (QED) is 0.743. The van der Waals surface area contributed by atoms with Gasteiger partial charge in [-0.2, -0.15) is 0 Å². The molecular weight excluding hydrogens is 362 g/mol. The van der Waals surface area contributed by atoms with Gasteiger partial charge in [0, 0.05) is 69.7 Å². The maximum absolute atomic E-state index is 13.1. The number of likely N-dealkylation sites (tertiary alicyclic amines) is 1. The summed E-state index contributed by atoms with van der Waals surface area (Å²) in [6, 6.07) is 0.138. The number of rotatable bonds is 6. The predicted molar refractivity (Wildman–Crippen MR) is 120 cm³/mol. The number of nitrogens with one attached hydrogen (secondary N) is 1. The number of nitrogens with zero attached hydrogens (tertiary/aromatic N) is 4. The summed E-state index contributed by atoms with van der Waals surface area (Å²) in [7, 11) is 2.18. The molecule has 1 aliphatic carbocycles. The summed E-state index contributed by atoms with van der Waals surface area (Å²) < 4.78 is 0. The largest absolute Gasteiger partial charge is 0.387 e. The Labute approximate surface area is 176 Å².